The molecule has 0 unspecified atom stereocenters. The molecule has 2 aromatic carbocycles. The van der Waals surface area contributed by atoms with E-state index < -0.39 is 5.92 Å². The highest BCUT2D eigenvalue weighted by atomic mass is 16.6. The van der Waals surface area contributed by atoms with Crippen LogP contribution in [0, 0.1) is 22.5 Å². The molecule has 0 aliphatic heterocycles. The van der Waals surface area contributed by atoms with Crippen molar-refractivity contribution in [1.82, 2.24) is 4.98 Å². The highest BCUT2D eigenvalue weighted by molar-refractivity contribution is 5.84. The molecule has 0 spiro atoms. The lowest BCUT2D eigenvalue weighted by molar-refractivity contribution is -0.481. The van der Waals surface area contributed by atoms with E-state index in [9.17, 15) is 10.1 Å². The number of terminal acetylenes is 1. The Morgan fingerprint density at radius 1 is 1.27 bits per heavy atom. The standard InChI is InChI=1S/C20H18N2O4/c1-3-10-26-19-9-8-14(11-20(19)25-2)17(13-22(23)24)16-12-21-18-7-5-4-6-15(16)18/h1,4-9,11-12,17,21H,10,13H2,2H3/t17-/m1/s1. The van der Waals surface area contributed by atoms with Crippen LogP contribution >= 0.6 is 0 Å². The van der Waals surface area contributed by atoms with Crippen LogP contribution in [0.15, 0.2) is 48.7 Å². The Labute approximate surface area is 150 Å². The van der Waals surface area contributed by atoms with E-state index in [4.69, 9.17) is 15.9 Å². The molecular formula is C20H18N2O4. The van der Waals surface area contributed by atoms with Crippen molar-refractivity contribution in [2.24, 2.45) is 0 Å². The number of nitrogens with zero attached hydrogens (tertiary/aromatic N) is 1. The second-order valence-electron chi connectivity index (χ2n) is 5.76. The summed E-state index contributed by atoms with van der Waals surface area (Å²) in [5, 5.41) is 12.3. The molecule has 132 valence electrons. The number of hydrogen-bond donors (Lipinski definition) is 1. The van der Waals surface area contributed by atoms with Gasteiger partial charge in [-0.25, -0.2) is 0 Å². The highest BCUT2D eigenvalue weighted by Crippen LogP contribution is 2.36. The van der Waals surface area contributed by atoms with E-state index in [2.05, 4.69) is 10.9 Å². The average molecular weight is 350 g/mol. The normalized spacial score (nSPS) is 11.7. The Balaban J connectivity index is 2.06. The number of aromatic amines is 1. The summed E-state index contributed by atoms with van der Waals surface area (Å²) in [6, 6.07) is 13.0. The van der Waals surface area contributed by atoms with Crippen molar-refractivity contribution in [2.75, 3.05) is 20.3 Å². The molecule has 0 radical (unpaired) electrons. The number of rotatable bonds is 7. The van der Waals surface area contributed by atoms with Crippen LogP contribution in [0.4, 0.5) is 0 Å². The number of nitro groups is 1. The minimum absolute atomic E-state index is 0.122. The van der Waals surface area contributed by atoms with Gasteiger partial charge in [-0.15, -0.1) is 6.42 Å². The second-order valence-corrected chi connectivity index (χ2v) is 5.76. The molecule has 0 amide bonds. The first-order valence-corrected chi connectivity index (χ1v) is 8.06. The summed E-state index contributed by atoms with van der Waals surface area (Å²) in [5.41, 5.74) is 2.59. The van der Waals surface area contributed by atoms with Crippen molar-refractivity contribution < 1.29 is 14.4 Å². The van der Waals surface area contributed by atoms with Crippen LogP contribution in [0.2, 0.25) is 0 Å². The Bertz CT molecular complexity index is 971. The van der Waals surface area contributed by atoms with Gasteiger partial charge in [0.05, 0.1) is 13.0 Å². The minimum Gasteiger partial charge on any atom is -0.493 e. The molecule has 0 saturated heterocycles. The molecular weight excluding hydrogens is 332 g/mol. The molecule has 26 heavy (non-hydrogen) atoms. The van der Waals surface area contributed by atoms with Crippen LogP contribution in [0.3, 0.4) is 0 Å². The fourth-order valence-corrected chi connectivity index (χ4v) is 3.05. The van der Waals surface area contributed by atoms with Gasteiger partial charge in [0.1, 0.15) is 6.61 Å². The predicted molar refractivity (Wildman–Crippen MR) is 99.3 cm³/mol. The quantitative estimate of drug-likeness (QED) is 0.401. The zero-order valence-electron chi connectivity index (χ0n) is 14.3. The largest absolute Gasteiger partial charge is 0.493 e. The van der Waals surface area contributed by atoms with Gasteiger partial charge in [-0.1, -0.05) is 30.2 Å². The minimum atomic E-state index is -0.420. The molecule has 0 aliphatic carbocycles. The predicted octanol–water partition coefficient (Wildman–Crippen LogP) is 3.60. The number of nitrogens with one attached hydrogen (secondary N) is 1. The fourth-order valence-electron chi connectivity index (χ4n) is 3.05. The first-order valence-electron chi connectivity index (χ1n) is 8.06. The van der Waals surface area contributed by atoms with Gasteiger partial charge >= 0.3 is 0 Å². The third-order valence-electron chi connectivity index (χ3n) is 4.23. The summed E-state index contributed by atoms with van der Waals surface area (Å²) in [6.07, 6.45) is 7.05. The van der Waals surface area contributed by atoms with Gasteiger partial charge in [-0.05, 0) is 29.3 Å². The van der Waals surface area contributed by atoms with E-state index >= 15 is 0 Å². The van der Waals surface area contributed by atoms with Crippen LogP contribution in [-0.4, -0.2) is 30.2 Å². The number of benzene rings is 2. The van der Waals surface area contributed by atoms with Crippen molar-refractivity contribution in [3.63, 3.8) is 0 Å². The van der Waals surface area contributed by atoms with Crippen LogP contribution in [-0.2, 0) is 0 Å². The topological polar surface area (TPSA) is 77.4 Å². The Hall–Kier alpha value is -3.46. The van der Waals surface area contributed by atoms with Gasteiger partial charge in [0, 0.05) is 22.0 Å². The number of fused-ring (bicyclic) bond motifs is 1. The van der Waals surface area contributed by atoms with Crippen molar-refractivity contribution in [3.05, 3.63) is 69.9 Å². The molecule has 1 atom stereocenters. The lowest BCUT2D eigenvalue weighted by Gasteiger charge is -2.16. The number of hydrogen-bond acceptors (Lipinski definition) is 4. The van der Waals surface area contributed by atoms with Crippen molar-refractivity contribution in [2.45, 2.75) is 5.92 Å². The molecule has 1 heterocycles. The molecule has 1 aromatic heterocycles. The lowest BCUT2D eigenvalue weighted by atomic mass is 9.90. The highest BCUT2D eigenvalue weighted by Gasteiger charge is 2.24. The molecule has 6 heteroatoms. The Kier molecular flexibility index (Phi) is 5.09. The molecule has 3 rings (SSSR count). The monoisotopic (exact) mass is 350 g/mol. The van der Waals surface area contributed by atoms with Gasteiger partial charge in [-0.2, -0.15) is 0 Å². The average Bonchev–Trinajstić information content (AvgIpc) is 3.08. The van der Waals surface area contributed by atoms with Crippen molar-refractivity contribution in [1.29, 1.82) is 0 Å². The first kappa shape index (κ1) is 17.4. The van der Waals surface area contributed by atoms with E-state index in [1.54, 1.807) is 12.1 Å². The molecule has 3 aromatic rings. The summed E-state index contributed by atoms with van der Waals surface area (Å²) in [5.74, 6) is 2.98. The summed E-state index contributed by atoms with van der Waals surface area (Å²) in [4.78, 5) is 14.2. The van der Waals surface area contributed by atoms with Crippen LogP contribution in [0.1, 0.15) is 17.0 Å². The number of aromatic nitrogens is 1. The van der Waals surface area contributed by atoms with Gasteiger partial charge in [0.15, 0.2) is 11.5 Å². The molecule has 0 saturated carbocycles. The third kappa shape index (κ3) is 3.47. The zero-order chi connectivity index (χ0) is 18.5. The molecule has 0 bridgehead atoms. The maximum Gasteiger partial charge on any atom is 0.214 e. The Morgan fingerprint density at radius 3 is 2.81 bits per heavy atom. The zero-order valence-corrected chi connectivity index (χ0v) is 14.3. The molecule has 0 aliphatic rings. The molecule has 1 N–H and O–H groups in total. The van der Waals surface area contributed by atoms with E-state index in [1.165, 1.54) is 7.11 Å². The van der Waals surface area contributed by atoms with E-state index in [-0.39, 0.29) is 18.1 Å². The summed E-state index contributed by atoms with van der Waals surface area (Å²) in [7, 11) is 1.52. The Morgan fingerprint density at radius 2 is 2.08 bits per heavy atom. The first-order chi connectivity index (χ1) is 12.6. The molecule has 0 fully saturated rings. The van der Waals surface area contributed by atoms with Crippen LogP contribution < -0.4 is 9.47 Å². The maximum atomic E-state index is 11.3. The third-order valence-corrected chi connectivity index (χ3v) is 4.23. The number of H-pyrrole nitrogens is 1. The van der Waals surface area contributed by atoms with Gasteiger partial charge < -0.3 is 14.5 Å². The second kappa shape index (κ2) is 7.62. The summed E-state index contributed by atoms with van der Waals surface area (Å²) in [6.45, 7) is -0.105. The summed E-state index contributed by atoms with van der Waals surface area (Å²) < 4.78 is 10.8. The molecule has 6 nitrogen and oxygen atoms in total. The fraction of sp³-hybridized carbons (Fsp3) is 0.200. The lowest BCUT2D eigenvalue weighted by Crippen LogP contribution is -2.14. The summed E-state index contributed by atoms with van der Waals surface area (Å²) >= 11 is 0. The SMILES string of the molecule is C#CCOc1ccc([C@@H](C[N+](=O)[O-])c2c[nH]c3ccccc23)cc1OC. The maximum absolute atomic E-state index is 11.3. The van der Waals surface area contributed by atoms with E-state index in [0.717, 1.165) is 22.0 Å². The number of methoxy groups -OCH3 is 1. The van der Waals surface area contributed by atoms with E-state index in [1.807, 2.05) is 36.5 Å². The van der Waals surface area contributed by atoms with E-state index in [0.29, 0.717) is 11.5 Å². The van der Waals surface area contributed by atoms with Gasteiger partial charge in [0.2, 0.25) is 6.54 Å². The van der Waals surface area contributed by atoms with Gasteiger partial charge in [-0.3, -0.25) is 10.1 Å². The number of para-hydroxylation sites is 1. The van der Waals surface area contributed by atoms with Crippen LogP contribution in [0.25, 0.3) is 10.9 Å². The van der Waals surface area contributed by atoms with Crippen molar-refractivity contribution in [3.8, 4) is 23.8 Å². The van der Waals surface area contributed by atoms with Crippen molar-refractivity contribution >= 4 is 10.9 Å². The van der Waals surface area contributed by atoms with Gasteiger partial charge in [0.25, 0.3) is 0 Å². The smallest absolute Gasteiger partial charge is 0.214 e. The number of ether oxygens (including phenoxy) is 2. The van der Waals surface area contributed by atoms with Crippen LogP contribution in [0.5, 0.6) is 11.5 Å².